The molecule has 17 heavy (non-hydrogen) atoms. The number of aliphatic hydroxyl groups is 1. The van der Waals surface area contributed by atoms with E-state index < -0.39 is 24.1 Å². The molecule has 2 atom stereocenters. The summed E-state index contributed by atoms with van der Waals surface area (Å²) in [4.78, 5) is 23.8. The Labute approximate surface area is 96.2 Å². The number of carbonyl (C=O) groups excluding carboxylic acids is 1. The molecule has 8 heteroatoms. The minimum Gasteiger partial charge on any atom is -0.480 e. The average Bonchev–Trinajstić information content (AvgIpc) is 2.86. The van der Waals surface area contributed by atoms with Gasteiger partial charge in [0, 0.05) is 19.2 Å². The number of aliphatic hydroxyl groups excluding tert-OH is 1. The van der Waals surface area contributed by atoms with E-state index >= 15 is 0 Å². The van der Waals surface area contributed by atoms with Crippen molar-refractivity contribution in [3.05, 3.63) is 12.4 Å². The lowest BCUT2D eigenvalue weighted by molar-refractivity contribution is -0.141. The largest absolute Gasteiger partial charge is 0.480 e. The molecule has 1 fully saturated rings. The summed E-state index contributed by atoms with van der Waals surface area (Å²) in [5.41, 5.74) is 0.445. The second kappa shape index (κ2) is 4.42. The molecule has 0 unspecified atom stereocenters. The van der Waals surface area contributed by atoms with Gasteiger partial charge in [-0.2, -0.15) is 5.10 Å². The average molecular weight is 240 g/mol. The summed E-state index contributed by atoms with van der Waals surface area (Å²) >= 11 is 0. The lowest BCUT2D eigenvalue weighted by atomic mass is 10.2. The molecule has 92 valence electrons. The van der Waals surface area contributed by atoms with Crippen LogP contribution in [0.2, 0.25) is 0 Å². The van der Waals surface area contributed by atoms with Crippen LogP contribution >= 0.6 is 0 Å². The van der Waals surface area contributed by atoms with Gasteiger partial charge >= 0.3 is 12.0 Å². The van der Waals surface area contributed by atoms with E-state index in [1.54, 1.807) is 0 Å². The van der Waals surface area contributed by atoms with E-state index in [0.29, 0.717) is 5.69 Å². The number of β-amino-alcohol motifs (C(OH)–C–C–N with tert-alkyl or cyclic N) is 1. The zero-order chi connectivity index (χ0) is 12.4. The summed E-state index contributed by atoms with van der Waals surface area (Å²) in [6.45, 7) is 0.0145. The number of hydrogen-bond donors (Lipinski definition) is 4. The Morgan fingerprint density at radius 3 is 2.94 bits per heavy atom. The Morgan fingerprint density at radius 1 is 1.59 bits per heavy atom. The van der Waals surface area contributed by atoms with Crippen molar-refractivity contribution >= 4 is 17.7 Å². The van der Waals surface area contributed by atoms with Crippen LogP contribution in [0.5, 0.6) is 0 Å². The SMILES string of the molecule is O=C(O)[C@@H]1C[C@@H](O)CN1C(=O)Nc1cn[nH]c1. The number of carbonyl (C=O) groups is 2. The first-order chi connectivity index (χ1) is 8.08. The maximum atomic E-state index is 11.8. The number of urea groups is 1. The number of amides is 2. The van der Waals surface area contributed by atoms with Crippen molar-refractivity contribution in [3.63, 3.8) is 0 Å². The van der Waals surface area contributed by atoms with Gasteiger partial charge in [-0.05, 0) is 0 Å². The number of nitrogens with zero attached hydrogens (tertiary/aromatic N) is 2. The second-order valence-corrected chi connectivity index (χ2v) is 3.81. The molecule has 1 aliphatic heterocycles. The molecule has 2 heterocycles. The molecule has 0 aromatic carbocycles. The standard InChI is InChI=1S/C9H12N4O4/c14-6-1-7(8(15)16)13(4-6)9(17)12-5-2-10-11-3-5/h2-3,6-7,14H,1,4H2,(H,10,11)(H,12,17)(H,15,16)/t6-,7+/m1/s1. The molecule has 0 aliphatic carbocycles. The van der Waals surface area contributed by atoms with Crippen LogP contribution < -0.4 is 5.32 Å². The van der Waals surface area contributed by atoms with Gasteiger partial charge in [0.15, 0.2) is 0 Å². The molecular weight excluding hydrogens is 228 g/mol. The van der Waals surface area contributed by atoms with Crippen LogP contribution in [-0.4, -0.2) is 56.0 Å². The molecule has 2 rings (SSSR count). The van der Waals surface area contributed by atoms with Crippen molar-refractivity contribution in [1.29, 1.82) is 0 Å². The molecular formula is C9H12N4O4. The normalized spacial score (nSPS) is 23.7. The first-order valence-corrected chi connectivity index (χ1v) is 5.05. The molecule has 4 N–H and O–H groups in total. The summed E-state index contributed by atoms with van der Waals surface area (Å²) in [6.07, 6.45) is 2.13. The van der Waals surface area contributed by atoms with Gasteiger partial charge in [-0.3, -0.25) is 5.10 Å². The molecule has 8 nitrogen and oxygen atoms in total. The molecule has 0 saturated carbocycles. The number of hydrogen-bond acceptors (Lipinski definition) is 4. The highest BCUT2D eigenvalue weighted by atomic mass is 16.4. The monoisotopic (exact) mass is 240 g/mol. The number of aliphatic carboxylic acids is 1. The van der Waals surface area contributed by atoms with Crippen molar-refractivity contribution in [2.75, 3.05) is 11.9 Å². The number of aromatic amines is 1. The number of nitrogens with one attached hydrogen (secondary N) is 2. The highest BCUT2D eigenvalue weighted by molar-refractivity contribution is 5.92. The Morgan fingerprint density at radius 2 is 2.35 bits per heavy atom. The predicted molar refractivity (Wildman–Crippen MR) is 56.4 cm³/mol. The fourth-order valence-electron chi connectivity index (χ4n) is 1.79. The second-order valence-electron chi connectivity index (χ2n) is 3.81. The van der Waals surface area contributed by atoms with Crippen molar-refractivity contribution in [2.45, 2.75) is 18.6 Å². The number of aromatic nitrogens is 2. The van der Waals surface area contributed by atoms with Gasteiger partial charge in [0.2, 0.25) is 0 Å². The first kappa shape index (κ1) is 11.4. The first-order valence-electron chi connectivity index (χ1n) is 5.05. The van der Waals surface area contributed by atoms with E-state index in [2.05, 4.69) is 15.5 Å². The fourth-order valence-corrected chi connectivity index (χ4v) is 1.79. The van der Waals surface area contributed by atoms with Gasteiger partial charge in [0.25, 0.3) is 0 Å². The topological polar surface area (TPSA) is 119 Å². The minimum atomic E-state index is -1.12. The summed E-state index contributed by atoms with van der Waals surface area (Å²) in [6, 6.07) is -1.55. The lowest BCUT2D eigenvalue weighted by Crippen LogP contribution is -2.42. The third-order valence-corrected chi connectivity index (χ3v) is 2.57. The Bertz CT molecular complexity index is 419. The van der Waals surface area contributed by atoms with Crippen LogP contribution in [0.1, 0.15) is 6.42 Å². The van der Waals surface area contributed by atoms with E-state index in [4.69, 9.17) is 5.11 Å². The van der Waals surface area contributed by atoms with Crippen LogP contribution in [0.25, 0.3) is 0 Å². The quantitative estimate of drug-likeness (QED) is 0.553. The van der Waals surface area contributed by atoms with E-state index in [1.165, 1.54) is 12.4 Å². The fraction of sp³-hybridized carbons (Fsp3) is 0.444. The van der Waals surface area contributed by atoms with E-state index in [0.717, 1.165) is 4.90 Å². The molecule has 0 bridgehead atoms. The zero-order valence-electron chi connectivity index (χ0n) is 8.83. The van der Waals surface area contributed by atoms with Gasteiger partial charge in [0.05, 0.1) is 18.0 Å². The number of rotatable bonds is 2. The maximum Gasteiger partial charge on any atom is 0.326 e. The van der Waals surface area contributed by atoms with Crippen LogP contribution in [-0.2, 0) is 4.79 Å². The molecule has 0 spiro atoms. The van der Waals surface area contributed by atoms with Gasteiger partial charge in [0.1, 0.15) is 6.04 Å². The summed E-state index contributed by atoms with van der Waals surface area (Å²) < 4.78 is 0. The smallest absolute Gasteiger partial charge is 0.326 e. The van der Waals surface area contributed by atoms with Gasteiger partial charge < -0.3 is 20.4 Å². The minimum absolute atomic E-state index is 0.0145. The molecule has 2 amide bonds. The highest BCUT2D eigenvalue weighted by Gasteiger charge is 2.38. The third kappa shape index (κ3) is 2.36. The van der Waals surface area contributed by atoms with Crippen molar-refractivity contribution in [1.82, 2.24) is 15.1 Å². The van der Waals surface area contributed by atoms with Gasteiger partial charge in [-0.15, -0.1) is 0 Å². The van der Waals surface area contributed by atoms with Crippen molar-refractivity contribution in [3.8, 4) is 0 Å². The molecule has 1 aromatic rings. The number of H-pyrrole nitrogens is 1. The highest BCUT2D eigenvalue weighted by Crippen LogP contribution is 2.19. The number of likely N-dealkylation sites (tertiary alicyclic amines) is 1. The Balaban J connectivity index is 2.05. The van der Waals surface area contributed by atoms with Gasteiger partial charge in [-0.1, -0.05) is 0 Å². The molecule has 1 aromatic heterocycles. The van der Waals surface area contributed by atoms with E-state index in [9.17, 15) is 14.7 Å². The van der Waals surface area contributed by atoms with Gasteiger partial charge in [-0.25, -0.2) is 9.59 Å². The molecule has 0 radical (unpaired) electrons. The van der Waals surface area contributed by atoms with Crippen LogP contribution in [0.4, 0.5) is 10.5 Å². The molecule has 1 saturated heterocycles. The number of carboxylic acid groups (broad SMARTS) is 1. The summed E-state index contributed by atoms with van der Waals surface area (Å²) in [7, 11) is 0. The van der Waals surface area contributed by atoms with E-state index in [-0.39, 0.29) is 13.0 Å². The maximum absolute atomic E-state index is 11.8. The number of anilines is 1. The lowest BCUT2D eigenvalue weighted by Gasteiger charge is -2.20. The van der Waals surface area contributed by atoms with Crippen LogP contribution in [0, 0.1) is 0 Å². The summed E-state index contributed by atoms with van der Waals surface area (Å²) in [5, 5.41) is 27.0. The third-order valence-electron chi connectivity index (χ3n) is 2.57. The number of carboxylic acids is 1. The van der Waals surface area contributed by atoms with Crippen LogP contribution in [0.3, 0.4) is 0 Å². The summed E-state index contributed by atoms with van der Waals surface area (Å²) in [5.74, 6) is -1.12. The Hall–Kier alpha value is -2.09. The van der Waals surface area contributed by atoms with Crippen LogP contribution in [0.15, 0.2) is 12.4 Å². The van der Waals surface area contributed by atoms with Crippen molar-refractivity contribution < 1.29 is 19.8 Å². The predicted octanol–water partition coefficient (Wildman–Crippen LogP) is -0.539. The van der Waals surface area contributed by atoms with Crippen molar-refractivity contribution in [2.24, 2.45) is 0 Å². The zero-order valence-corrected chi connectivity index (χ0v) is 8.83. The Kier molecular flexibility index (Phi) is 2.96. The van der Waals surface area contributed by atoms with E-state index in [1.807, 2.05) is 0 Å². The molecule has 1 aliphatic rings.